The predicted octanol–water partition coefficient (Wildman–Crippen LogP) is 5.66. The van der Waals surface area contributed by atoms with Gasteiger partial charge in [0.1, 0.15) is 11.5 Å². The third-order valence-corrected chi connectivity index (χ3v) is 4.84. The van der Waals surface area contributed by atoms with Gasteiger partial charge in [-0.1, -0.05) is 42.5 Å². The lowest BCUT2D eigenvalue weighted by atomic mass is 9.96. The molecule has 0 aromatic heterocycles. The summed E-state index contributed by atoms with van der Waals surface area (Å²) in [5, 5.41) is 28.7. The molecule has 4 rings (SSSR count). The van der Waals surface area contributed by atoms with Crippen LogP contribution in [0, 0.1) is 26.0 Å². The Hall–Kier alpha value is -4.66. The van der Waals surface area contributed by atoms with Gasteiger partial charge < -0.3 is 0 Å². The molecule has 0 saturated carbocycles. The molecule has 9 heteroatoms. The maximum atomic E-state index is 13.5. The third kappa shape index (κ3) is 4.12. The molecule has 0 amide bonds. The van der Waals surface area contributed by atoms with Crippen LogP contribution in [-0.4, -0.2) is 15.6 Å². The number of nitro benzene ring substituents is 2. The standard InChI is InChI=1S/C23H15FN4O4/c24-17-10-8-16(9-11-17)23(20-7-3-5-15-4-1-2-6-19(15)20)26-25-21-13-12-18(27(29)30)14-22(21)28(31)32/h1-14,25H. The first-order chi connectivity index (χ1) is 15.4. The predicted molar refractivity (Wildman–Crippen MR) is 119 cm³/mol. The number of non-ortho nitro benzene ring substituents is 1. The summed E-state index contributed by atoms with van der Waals surface area (Å²) < 4.78 is 13.5. The molecule has 0 aliphatic carbocycles. The molecule has 158 valence electrons. The van der Waals surface area contributed by atoms with E-state index in [1.54, 1.807) is 12.1 Å². The number of anilines is 1. The van der Waals surface area contributed by atoms with Gasteiger partial charge in [0.05, 0.1) is 21.6 Å². The van der Waals surface area contributed by atoms with E-state index in [-0.39, 0.29) is 5.69 Å². The Balaban J connectivity index is 1.85. The first-order valence-electron chi connectivity index (χ1n) is 9.44. The van der Waals surface area contributed by atoms with E-state index in [0.717, 1.165) is 28.5 Å². The largest absolute Gasteiger partial charge is 0.301 e. The molecule has 0 aliphatic heterocycles. The van der Waals surface area contributed by atoms with Crippen molar-refractivity contribution in [3.8, 4) is 0 Å². The van der Waals surface area contributed by atoms with E-state index in [9.17, 15) is 24.6 Å². The van der Waals surface area contributed by atoms with Gasteiger partial charge in [0.25, 0.3) is 5.69 Å². The molecule has 32 heavy (non-hydrogen) atoms. The number of nitro groups is 2. The fourth-order valence-corrected chi connectivity index (χ4v) is 3.32. The van der Waals surface area contributed by atoms with Crippen molar-refractivity contribution in [3.05, 3.63) is 122 Å². The van der Waals surface area contributed by atoms with E-state index >= 15 is 0 Å². The Morgan fingerprint density at radius 2 is 1.56 bits per heavy atom. The highest BCUT2D eigenvalue weighted by Crippen LogP contribution is 2.29. The second kappa shape index (κ2) is 8.60. The average Bonchev–Trinajstić information content (AvgIpc) is 2.80. The Morgan fingerprint density at radius 3 is 2.28 bits per heavy atom. The summed E-state index contributed by atoms with van der Waals surface area (Å²) in [7, 11) is 0. The van der Waals surface area contributed by atoms with Crippen molar-refractivity contribution >= 4 is 33.5 Å². The Bertz CT molecular complexity index is 1370. The fraction of sp³-hybridized carbons (Fsp3) is 0. The van der Waals surface area contributed by atoms with Crippen LogP contribution >= 0.6 is 0 Å². The SMILES string of the molecule is O=[N+]([O-])c1ccc(NN=C(c2ccc(F)cc2)c2cccc3ccccc23)c([N+](=O)[O-])c1. The number of halogens is 1. The molecule has 0 atom stereocenters. The van der Waals surface area contributed by atoms with Gasteiger partial charge in [-0.3, -0.25) is 25.7 Å². The summed E-state index contributed by atoms with van der Waals surface area (Å²) in [4.78, 5) is 21.0. The van der Waals surface area contributed by atoms with Crippen LogP contribution in [0.1, 0.15) is 11.1 Å². The van der Waals surface area contributed by atoms with Gasteiger partial charge >= 0.3 is 5.69 Å². The molecule has 0 bridgehead atoms. The molecule has 0 heterocycles. The maximum Gasteiger partial charge on any atom is 0.301 e. The molecular formula is C23H15FN4O4. The molecule has 0 fully saturated rings. The summed E-state index contributed by atoms with van der Waals surface area (Å²) >= 11 is 0. The monoisotopic (exact) mass is 430 g/mol. The van der Waals surface area contributed by atoms with Crippen molar-refractivity contribution in [2.45, 2.75) is 0 Å². The van der Waals surface area contributed by atoms with E-state index in [1.165, 1.54) is 18.2 Å². The van der Waals surface area contributed by atoms with Crippen molar-refractivity contribution in [1.29, 1.82) is 0 Å². The zero-order valence-corrected chi connectivity index (χ0v) is 16.4. The number of nitrogens with one attached hydrogen (secondary N) is 1. The number of hydrogen-bond acceptors (Lipinski definition) is 6. The molecule has 8 nitrogen and oxygen atoms in total. The quantitative estimate of drug-likeness (QED) is 0.241. The summed E-state index contributed by atoms with van der Waals surface area (Å²) in [5.74, 6) is -0.412. The van der Waals surface area contributed by atoms with E-state index in [4.69, 9.17) is 0 Å². The second-order valence-electron chi connectivity index (χ2n) is 6.82. The molecule has 0 unspecified atom stereocenters. The van der Waals surface area contributed by atoms with E-state index in [2.05, 4.69) is 10.5 Å². The van der Waals surface area contributed by atoms with E-state index in [1.807, 2.05) is 42.5 Å². The van der Waals surface area contributed by atoms with Crippen LogP contribution in [0.4, 0.5) is 21.5 Å². The fourth-order valence-electron chi connectivity index (χ4n) is 3.32. The lowest BCUT2D eigenvalue weighted by Crippen LogP contribution is -2.08. The first-order valence-corrected chi connectivity index (χ1v) is 9.44. The molecule has 0 saturated heterocycles. The second-order valence-corrected chi connectivity index (χ2v) is 6.82. The summed E-state index contributed by atoms with van der Waals surface area (Å²) in [6.45, 7) is 0. The van der Waals surface area contributed by atoms with Gasteiger partial charge in [-0.15, -0.1) is 0 Å². The number of nitrogens with zero attached hydrogens (tertiary/aromatic N) is 3. The Morgan fingerprint density at radius 1 is 0.844 bits per heavy atom. The Labute approximate surface area is 180 Å². The summed E-state index contributed by atoms with van der Waals surface area (Å²) in [6.07, 6.45) is 0. The van der Waals surface area contributed by atoms with Gasteiger partial charge in [-0.05, 0) is 41.1 Å². The Kier molecular flexibility index (Phi) is 5.54. The van der Waals surface area contributed by atoms with Crippen molar-refractivity contribution in [3.63, 3.8) is 0 Å². The topological polar surface area (TPSA) is 111 Å². The van der Waals surface area contributed by atoms with Crippen LogP contribution in [-0.2, 0) is 0 Å². The number of fused-ring (bicyclic) bond motifs is 1. The minimum Gasteiger partial charge on any atom is -0.271 e. The highest BCUT2D eigenvalue weighted by molar-refractivity contribution is 6.19. The van der Waals surface area contributed by atoms with Crippen molar-refractivity contribution < 1.29 is 14.2 Å². The van der Waals surface area contributed by atoms with E-state index < -0.39 is 27.0 Å². The van der Waals surface area contributed by atoms with Crippen LogP contribution in [0.25, 0.3) is 10.8 Å². The lowest BCUT2D eigenvalue weighted by molar-refractivity contribution is -0.393. The number of hydrazone groups is 1. The van der Waals surface area contributed by atoms with Gasteiger partial charge in [0.2, 0.25) is 0 Å². The summed E-state index contributed by atoms with van der Waals surface area (Å²) in [5.41, 5.74) is 3.50. The number of hydrogen-bond donors (Lipinski definition) is 1. The number of benzene rings is 4. The lowest BCUT2D eigenvalue weighted by Gasteiger charge is -2.12. The smallest absolute Gasteiger partial charge is 0.271 e. The normalized spacial score (nSPS) is 11.3. The highest BCUT2D eigenvalue weighted by Gasteiger charge is 2.20. The zero-order valence-electron chi connectivity index (χ0n) is 16.4. The molecule has 4 aromatic carbocycles. The average molecular weight is 430 g/mol. The van der Waals surface area contributed by atoms with Gasteiger partial charge in [-0.25, -0.2) is 4.39 Å². The maximum absolute atomic E-state index is 13.5. The molecule has 0 aliphatic rings. The first kappa shape index (κ1) is 20.6. The molecule has 0 radical (unpaired) electrons. The van der Waals surface area contributed by atoms with Crippen LogP contribution in [0.2, 0.25) is 0 Å². The van der Waals surface area contributed by atoms with Gasteiger partial charge in [-0.2, -0.15) is 5.10 Å². The highest BCUT2D eigenvalue weighted by atomic mass is 19.1. The van der Waals surface area contributed by atoms with Crippen LogP contribution in [0.5, 0.6) is 0 Å². The zero-order chi connectivity index (χ0) is 22.7. The summed E-state index contributed by atoms with van der Waals surface area (Å²) in [6, 6.07) is 22.2. The van der Waals surface area contributed by atoms with Gasteiger partial charge in [0.15, 0.2) is 0 Å². The minimum absolute atomic E-state index is 0.0135. The third-order valence-electron chi connectivity index (χ3n) is 4.84. The van der Waals surface area contributed by atoms with Crippen LogP contribution in [0.15, 0.2) is 90.0 Å². The van der Waals surface area contributed by atoms with Crippen LogP contribution < -0.4 is 5.43 Å². The van der Waals surface area contributed by atoms with Gasteiger partial charge in [0, 0.05) is 17.2 Å². The van der Waals surface area contributed by atoms with Crippen molar-refractivity contribution in [2.24, 2.45) is 5.10 Å². The molecular weight excluding hydrogens is 415 g/mol. The molecule has 1 N–H and O–H groups in total. The van der Waals surface area contributed by atoms with Crippen molar-refractivity contribution in [2.75, 3.05) is 5.43 Å². The van der Waals surface area contributed by atoms with Crippen LogP contribution in [0.3, 0.4) is 0 Å². The van der Waals surface area contributed by atoms with E-state index in [0.29, 0.717) is 11.3 Å². The molecule has 4 aromatic rings. The molecule has 0 spiro atoms. The number of rotatable bonds is 6. The van der Waals surface area contributed by atoms with Crippen molar-refractivity contribution in [1.82, 2.24) is 0 Å². The minimum atomic E-state index is -0.722.